The molecule has 1 aromatic carbocycles. The molecule has 2 amide bonds. The monoisotopic (exact) mass is 611 g/mol. The van der Waals surface area contributed by atoms with E-state index in [1.54, 1.807) is 7.11 Å². The van der Waals surface area contributed by atoms with Crippen molar-refractivity contribution in [3.63, 3.8) is 0 Å². The minimum atomic E-state index is -0.174. The van der Waals surface area contributed by atoms with Crippen LogP contribution in [-0.2, 0) is 18.4 Å². The van der Waals surface area contributed by atoms with Crippen molar-refractivity contribution >= 4 is 33.9 Å². The number of nitrogens with one attached hydrogen (secondary N) is 3. The lowest BCUT2D eigenvalue weighted by Crippen LogP contribution is -2.40. The van der Waals surface area contributed by atoms with Gasteiger partial charge < -0.3 is 29.8 Å². The molecule has 3 N–H and O–H groups in total. The van der Waals surface area contributed by atoms with Crippen molar-refractivity contribution in [3.05, 3.63) is 41.6 Å². The second-order valence-corrected chi connectivity index (χ2v) is 13.4. The summed E-state index contributed by atoms with van der Waals surface area (Å²) in [6.45, 7) is 4.63. The molecule has 238 valence electrons. The van der Waals surface area contributed by atoms with Gasteiger partial charge in [-0.05, 0) is 82.3 Å². The lowest BCUT2D eigenvalue weighted by atomic mass is 9.96. The maximum absolute atomic E-state index is 13.4. The largest absolute Gasteiger partial charge is 0.494 e. The van der Waals surface area contributed by atoms with E-state index >= 15 is 0 Å². The number of imidazole rings is 1. The first-order chi connectivity index (χ1) is 21.9. The van der Waals surface area contributed by atoms with E-state index in [-0.39, 0.29) is 29.3 Å². The van der Waals surface area contributed by atoms with Gasteiger partial charge in [-0.15, -0.1) is 0 Å². The van der Waals surface area contributed by atoms with Gasteiger partial charge in [-0.25, -0.2) is 9.97 Å². The molecule has 2 aliphatic heterocycles. The number of fused-ring (bicyclic) bond motifs is 2. The van der Waals surface area contributed by atoms with Gasteiger partial charge in [0.25, 0.3) is 5.91 Å². The number of benzene rings is 1. The molecule has 1 aliphatic carbocycles. The zero-order valence-corrected chi connectivity index (χ0v) is 26.7. The minimum Gasteiger partial charge on any atom is -0.494 e. The Bertz CT molecular complexity index is 1740. The van der Waals surface area contributed by atoms with Crippen LogP contribution in [0.3, 0.4) is 0 Å². The Morgan fingerprint density at radius 1 is 1.04 bits per heavy atom. The number of ether oxygens (including phenoxy) is 1. The summed E-state index contributed by atoms with van der Waals surface area (Å²) in [6.07, 6.45) is 10.5. The normalized spacial score (nSPS) is 22.2. The predicted molar refractivity (Wildman–Crippen MR) is 175 cm³/mol. The second kappa shape index (κ2) is 12.1. The summed E-state index contributed by atoms with van der Waals surface area (Å²) in [5, 5.41) is 10.9. The van der Waals surface area contributed by atoms with E-state index in [1.807, 2.05) is 32.2 Å². The predicted octanol–water partition coefficient (Wildman–Crippen LogP) is 5.39. The van der Waals surface area contributed by atoms with Crippen molar-refractivity contribution in [2.75, 3.05) is 20.2 Å². The van der Waals surface area contributed by atoms with Gasteiger partial charge >= 0.3 is 0 Å². The molecule has 0 unspecified atom stereocenters. The van der Waals surface area contributed by atoms with Gasteiger partial charge in [0, 0.05) is 42.5 Å². The van der Waals surface area contributed by atoms with Crippen LogP contribution < -0.4 is 20.7 Å². The Labute approximate surface area is 264 Å². The molecular formula is C35H45N7O3. The van der Waals surface area contributed by atoms with Crippen LogP contribution in [-0.4, -0.2) is 57.2 Å². The van der Waals surface area contributed by atoms with Crippen molar-refractivity contribution in [3.8, 4) is 17.3 Å². The highest BCUT2D eigenvalue weighted by Gasteiger charge is 2.49. The van der Waals surface area contributed by atoms with Crippen molar-refractivity contribution < 1.29 is 14.3 Å². The zero-order valence-electron chi connectivity index (χ0n) is 26.7. The number of nitrogens with zero attached hydrogens (tertiary/aromatic N) is 4. The van der Waals surface area contributed by atoms with E-state index in [1.165, 1.54) is 0 Å². The fourth-order valence-corrected chi connectivity index (χ4v) is 7.28. The molecule has 3 aliphatic rings. The second-order valence-electron chi connectivity index (χ2n) is 13.4. The van der Waals surface area contributed by atoms with E-state index in [0.29, 0.717) is 16.8 Å². The third kappa shape index (κ3) is 5.69. The molecule has 1 saturated heterocycles. The molecule has 2 bridgehead atoms. The van der Waals surface area contributed by atoms with Gasteiger partial charge in [0.15, 0.2) is 5.82 Å². The third-order valence-corrected chi connectivity index (χ3v) is 10.2. The molecule has 2 atom stereocenters. The highest BCUT2D eigenvalue weighted by molar-refractivity contribution is 6.00. The van der Waals surface area contributed by atoms with E-state index in [4.69, 9.17) is 14.7 Å². The number of methoxy groups -OCH3 is 1. The van der Waals surface area contributed by atoms with E-state index in [2.05, 4.69) is 37.2 Å². The standard InChI is InChI=1S/C35H45N7O3/c1-22-26-12-11-23-19-28(42(31(23)39-26)17-9-5-4-7-13-35(14-15-35)34(44)37-22)32-40-27-18-24(20-29(45-3)30(27)41(32)2)33(43)38-25-10-6-8-16-36-21-25/h11-12,18-20,22,25,36H,4-10,13-17,21H2,1-3H3,(H,37,44)(H,38,43)/t22-,25-/m1/s1. The van der Waals surface area contributed by atoms with Gasteiger partial charge in [-0.2, -0.15) is 0 Å². The molecule has 7 rings (SSSR count). The maximum Gasteiger partial charge on any atom is 0.251 e. The first-order valence-corrected chi connectivity index (χ1v) is 16.7. The topological polar surface area (TPSA) is 115 Å². The van der Waals surface area contributed by atoms with Crippen LogP contribution in [0.5, 0.6) is 5.75 Å². The number of aromatic nitrogens is 4. The summed E-state index contributed by atoms with van der Waals surface area (Å²) in [6, 6.07) is 9.92. The van der Waals surface area contributed by atoms with Gasteiger partial charge in [0.1, 0.15) is 16.9 Å². The summed E-state index contributed by atoms with van der Waals surface area (Å²) < 4.78 is 10.2. The number of aryl methyl sites for hydroxylation is 2. The van der Waals surface area contributed by atoms with Gasteiger partial charge in [-0.3, -0.25) is 9.59 Å². The highest BCUT2D eigenvalue weighted by atomic mass is 16.5. The van der Waals surface area contributed by atoms with E-state index in [0.717, 1.165) is 118 Å². The Balaban J connectivity index is 1.26. The van der Waals surface area contributed by atoms with Crippen LogP contribution in [0.4, 0.5) is 0 Å². The van der Waals surface area contributed by atoms with E-state index < -0.39 is 0 Å². The fraction of sp³-hybridized carbons (Fsp3) is 0.543. The van der Waals surface area contributed by atoms with Crippen molar-refractivity contribution in [1.29, 1.82) is 0 Å². The van der Waals surface area contributed by atoms with Crippen LogP contribution in [0.1, 0.15) is 93.2 Å². The Morgan fingerprint density at radius 3 is 2.71 bits per heavy atom. The van der Waals surface area contributed by atoms with Gasteiger partial charge in [-0.1, -0.05) is 25.7 Å². The third-order valence-electron chi connectivity index (χ3n) is 10.2. The van der Waals surface area contributed by atoms with E-state index in [9.17, 15) is 9.59 Å². The number of rotatable bonds is 4. The van der Waals surface area contributed by atoms with Crippen LogP contribution in [0.25, 0.3) is 33.6 Å². The lowest BCUT2D eigenvalue weighted by Gasteiger charge is -2.20. The number of amides is 2. The molecule has 10 heteroatoms. The summed E-state index contributed by atoms with van der Waals surface area (Å²) in [5.74, 6) is 1.49. The summed E-state index contributed by atoms with van der Waals surface area (Å²) in [4.78, 5) is 36.8. The number of hydrogen-bond donors (Lipinski definition) is 3. The molecule has 1 saturated carbocycles. The average Bonchev–Trinajstić information content (AvgIpc) is 3.73. The molecule has 0 radical (unpaired) electrons. The van der Waals surface area contributed by atoms with Crippen molar-refractivity contribution in [2.45, 2.75) is 89.8 Å². The molecule has 1 spiro atoms. The SMILES string of the molecule is COc1cc(C(=O)N[C@@H]2CCCCNC2)cc2nc(-c3cc4ccc5nc4n3CCCCCCC3(CC3)C(=O)N[C@@H]5C)n(C)c12. The first kappa shape index (κ1) is 29.8. The zero-order chi connectivity index (χ0) is 31.1. The van der Waals surface area contributed by atoms with Crippen LogP contribution in [0.15, 0.2) is 30.3 Å². The summed E-state index contributed by atoms with van der Waals surface area (Å²) in [7, 11) is 3.64. The average molecular weight is 612 g/mol. The van der Waals surface area contributed by atoms with Crippen molar-refractivity contribution in [2.24, 2.45) is 12.5 Å². The van der Waals surface area contributed by atoms with Crippen LogP contribution in [0, 0.1) is 5.41 Å². The molecule has 5 heterocycles. The molecule has 4 aromatic rings. The fourth-order valence-electron chi connectivity index (χ4n) is 7.28. The molecule has 45 heavy (non-hydrogen) atoms. The Hall–Kier alpha value is -3.92. The summed E-state index contributed by atoms with van der Waals surface area (Å²) >= 11 is 0. The highest BCUT2D eigenvalue weighted by Crippen LogP contribution is 2.50. The quantitative estimate of drug-likeness (QED) is 0.285. The molecule has 2 fully saturated rings. The number of carbonyl (C=O) groups excluding carboxylic acids is 2. The lowest BCUT2D eigenvalue weighted by molar-refractivity contribution is -0.127. The molecular weight excluding hydrogens is 566 g/mol. The Morgan fingerprint density at radius 2 is 1.89 bits per heavy atom. The molecule has 3 aromatic heterocycles. The smallest absolute Gasteiger partial charge is 0.251 e. The molecule has 10 nitrogen and oxygen atoms in total. The van der Waals surface area contributed by atoms with Crippen molar-refractivity contribution in [1.82, 2.24) is 35.1 Å². The minimum absolute atomic E-state index is 0.106. The number of pyridine rings is 1. The van der Waals surface area contributed by atoms with Crippen LogP contribution in [0.2, 0.25) is 0 Å². The first-order valence-electron chi connectivity index (χ1n) is 16.7. The number of hydrogen-bond acceptors (Lipinski definition) is 6. The maximum atomic E-state index is 13.4. The number of carbonyl (C=O) groups is 2. The van der Waals surface area contributed by atoms with Gasteiger partial charge in [0.05, 0.1) is 30.1 Å². The Kier molecular flexibility index (Phi) is 8.02. The summed E-state index contributed by atoms with van der Waals surface area (Å²) in [5.41, 5.74) is 4.69. The van der Waals surface area contributed by atoms with Gasteiger partial charge in [0.2, 0.25) is 5.91 Å². The van der Waals surface area contributed by atoms with Crippen LogP contribution >= 0.6 is 0 Å².